The molecular formula is C22H22ClFN4O4. The molecule has 168 valence electrons. The van der Waals surface area contributed by atoms with Crippen LogP contribution in [0.5, 0.6) is 5.75 Å². The molecule has 1 aromatic heterocycles. The van der Waals surface area contributed by atoms with Crippen molar-refractivity contribution in [3.63, 3.8) is 0 Å². The Morgan fingerprint density at radius 2 is 2.09 bits per heavy atom. The van der Waals surface area contributed by atoms with Crippen LogP contribution < -0.4 is 15.7 Å². The number of anilines is 1. The van der Waals surface area contributed by atoms with Crippen molar-refractivity contribution in [1.29, 1.82) is 0 Å². The van der Waals surface area contributed by atoms with Crippen molar-refractivity contribution in [1.82, 2.24) is 14.3 Å². The summed E-state index contributed by atoms with van der Waals surface area (Å²) >= 11 is 6.04. The third kappa shape index (κ3) is 3.67. The molecule has 2 N–H and O–H groups in total. The first kappa shape index (κ1) is 22.0. The molecule has 3 aromatic rings. The quantitative estimate of drug-likeness (QED) is 0.608. The number of halogens is 2. The Bertz CT molecular complexity index is 1260. The maximum Gasteiger partial charge on any atom is 0.350 e. The number of rotatable bonds is 5. The lowest BCUT2D eigenvalue weighted by atomic mass is 9.98. The number of fused-ring (bicyclic) bond motifs is 1. The molecule has 8 nitrogen and oxygen atoms in total. The second kappa shape index (κ2) is 8.07. The zero-order valence-electron chi connectivity index (χ0n) is 17.8. The minimum Gasteiger partial charge on any atom is -0.486 e. The smallest absolute Gasteiger partial charge is 0.350 e. The highest BCUT2D eigenvalue weighted by molar-refractivity contribution is 6.34. The van der Waals surface area contributed by atoms with Gasteiger partial charge in [0.05, 0.1) is 22.0 Å². The monoisotopic (exact) mass is 460 g/mol. The number of carbonyl (C=O) groups is 1. The van der Waals surface area contributed by atoms with Crippen molar-refractivity contribution in [3.05, 3.63) is 68.6 Å². The summed E-state index contributed by atoms with van der Waals surface area (Å²) in [4.78, 5) is 25.9. The third-order valence-corrected chi connectivity index (χ3v) is 5.60. The normalized spacial score (nSPS) is 14.2. The van der Waals surface area contributed by atoms with Crippen molar-refractivity contribution in [3.8, 4) is 11.4 Å². The summed E-state index contributed by atoms with van der Waals surface area (Å²) < 4.78 is 22.8. The van der Waals surface area contributed by atoms with Gasteiger partial charge in [0.15, 0.2) is 5.82 Å². The highest BCUT2D eigenvalue weighted by Crippen LogP contribution is 2.41. The summed E-state index contributed by atoms with van der Waals surface area (Å²) in [5.41, 5.74) is 0.0879. The van der Waals surface area contributed by atoms with E-state index in [0.29, 0.717) is 30.0 Å². The van der Waals surface area contributed by atoms with E-state index in [2.05, 4.69) is 10.4 Å². The van der Waals surface area contributed by atoms with Crippen LogP contribution in [-0.2, 0) is 19.6 Å². The van der Waals surface area contributed by atoms with Gasteiger partial charge >= 0.3 is 5.69 Å². The number of hydrogen-bond acceptors (Lipinski definition) is 5. The molecule has 2 aromatic carbocycles. The number of para-hydroxylation sites is 1. The van der Waals surface area contributed by atoms with Gasteiger partial charge in [0, 0.05) is 18.5 Å². The first-order chi connectivity index (χ1) is 15.2. The highest BCUT2D eigenvalue weighted by Gasteiger charge is 2.36. The average Bonchev–Trinajstić information content (AvgIpc) is 3.24. The van der Waals surface area contributed by atoms with E-state index in [9.17, 15) is 19.1 Å². The Balaban J connectivity index is 1.82. The molecule has 4 rings (SSSR count). The minimum atomic E-state index is -0.659. The van der Waals surface area contributed by atoms with Crippen LogP contribution in [0.2, 0.25) is 5.02 Å². The number of benzene rings is 2. The van der Waals surface area contributed by atoms with Crippen molar-refractivity contribution in [2.24, 2.45) is 0 Å². The maximum atomic E-state index is 14.2. The second-order valence-electron chi connectivity index (χ2n) is 8.04. The van der Waals surface area contributed by atoms with Gasteiger partial charge in [-0.1, -0.05) is 17.7 Å². The van der Waals surface area contributed by atoms with Gasteiger partial charge in [-0.15, -0.1) is 5.10 Å². The fourth-order valence-electron chi connectivity index (χ4n) is 3.85. The zero-order valence-corrected chi connectivity index (χ0v) is 18.5. The molecule has 0 unspecified atom stereocenters. The first-order valence-electron chi connectivity index (χ1n) is 10.1. The Hall–Kier alpha value is -3.17. The third-order valence-electron chi connectivity index (χ3n) is 5.29. The minimum absolute atomic E-state index is 0.0704. The Kier molecular flexibility index (Phi) is 5.56. The van der Waals surface area contributed by atoms with Gasteiger partial charge in [-0.25, -0.2) is 9.18 Å². The molecular weight excluding hydrogens is 439 g/mol. The van der Waals surface area contributed by atoms with Crippen molar-refractivity contribution < 1.29 is 19.0 Å². The number of nitrogens with one attached hydrogen (secondary N) is 1. The Labute approximate surface area is 188 Å². The maximum absolute atomic E-state index is 14.2. The van der Waals surface area contributed by atoms with Crippen molar-refractivity contribution >= 4 is 23.2 Å². The summed E-state index contributed by atoms with van der Waals surface area (Å²) in [6.07, 6.45) is 0.416. The van der Waals surface area contributed by atoms with E-state index in [4.69, 9.17) is 16.3 Å². The van der Waals surface area contributed by atoms with Gasteiger partial charge in [-0.05, 0) is 45.0 Å². The second-order valence-corrected chi connectivity index (χ2v) is 8.45. The number of aliphatic hydroxyl groups is 1. The van der Waals surface area contributed by atoms with Crippen LogP contribution in [0.4, 0.5) is 10.1 Å². The van der Waals surface area contributed by atoms with Gasteiger partial charge in [-0.3, -0.25) is 9.36 Å². The zero-order chi connectivity index (χ0) is 23.2. The van der Waals surface area contributed by atoms with Gasteiger partial charge < -0.3 is 15.2 Å². The van der Waals surface area contributed by atoms with Crippen LogP contribution in [0.1, 0.15) is 42.5 Å². The topological polar surface area (TPSA) is 98.4 Å². The van der Waals surface area contributed by atoms with Gasteiger partial charge in [0.2, 0.25) is 0 Å². The lowest BCUT2D eigenvalue weighted by molar-refractivity contribution is 0.101. The average molecular weight is 461 g/mol. The predicted octanol–water partition coefficient (Wildman–Crippen LogP) is 3.30. The molecule has 0 atom stereocenters. The Morgan fingerprint density at radius 3 is 2.72 bits per heavy atom. The van der Waals surface area contributed by atoms with Gasteiger partial charge in [-0.2, -0.15) is 4.68 Å². The summed E-state index contributed by atoms with van der Waals surface area (Å²) in [5, 5.41) is 16.4. The molecule has 0 fully saturated rings. The highest BCUT2D eigenvalue weighted by atomic mass is 35.5. The Morgan fingerprint density at radius 1 is 1.34 bits per heavy atom. The van der Waals surface area contributed by atoms with Crippen molar-refractivity contribution in [2.75, 3.05) is 5.32 Å². The number of amides is 1. The SMILES string of the molecule is CCn1c(CO)nn(-c2ccc(C(=O)Nc3c(F)cccc3Cl)c3c2CC(C)(C)O3)c1=O. The molecule has 2 heterocycles. The lowest BCUT2D eigenvalue weighted by Crippen LogP contribution is -2.26. The van der Waals surface area contributed by atoms with Crippen LogP contribution in [-0.4, -0.2) is 31.0 Å². The van der Waals surface area contributed by atoms with E-state index in [1.807, 2.05) is 13.8 Å². The summed E-state index contributed by atoms with van der Waals surface area (Å²) in [6, 6.07) is 7.21. The summed E-state index contributed by atoms with van der Waals surface area (Å²) in [5.74, 6) is -0.727. The van der Waals surface area contributed by atoms with E-state index >= 15 is 0 Å². The predicted molar refractivity (Wildman–Crippen MR) is 117 cm³/mol. The molecule has 0 saturated heterocycles. The van der Waals surface area contributed by atoms with E-state index in [1.54, 1.807) is 13.0 Å². The summed E-state index contributed by atoms with van der Waals surface area (Å²) in [6.45, 7) is 5.47. The molecule has 0 bridgehead atoms. The number of hydrogen-bond donors (Lipinski definition) is 2. The fourth-order valence-corrected chi connectivity index (χ4v) is 4.06. The van der Waals surface area contributed by atoms with Crippen LogP contribution in [0, 0.1) is 5.82 Å². The van der Waals surface area contributed by atoms with E-state index in [1.165, 1.54) is 33.5 Å². The standard InChI is InChI=1S/C22H22ClFN4O4/c1-4-27-17(11-29)26-28(21(27)31)16-9-8-12(19-13(16)10-22(2,3)32-19)20(30)25-18-14(23)6-5-7-15(18)24/h5-9,29H,4,10-11H2,1-3H3,(H,25,30). The molecule has 1 aliphatic rings. The van der Waals surface area contributed by atoms with Gasteiger partial charge in [0.1, 0.15) is 23.8 Å². The number of aliphatic hydroxyl groups excluding tert-OH is 1. The summed E-state index contributed by atoms with van der Waals surface area (Å²) in [7, 11) is 0. The van der Waals surface area contributed by atoms with E-state index < -0.39 is 23.0 Å². The molecule has 10 heteroatoms. The number of ether oxygens (including phenoxy) is 1. The van der Waals surface area contributed by atoms with Gasteiger partial charge in [0.25, 0.3) is 5.91 Å². The van der Waals surface area contributed by atoms with Crippen LogP contribution in [0.15, 0.2) is 35.1 Å². The number of nitrogens with zero attached hydrogens (tertiary/aromatic N) is 3. The molecule has 0 saturated carbocycles. The van der Waals surface area contributed by atoms with E-state index in [-0.39, 0.29) is 28.7 Å². The van der Waals surface area contributed by atoms with Crippen LogP contribution in [0.3, 0.4) is 0 Å². The van der Waals surface area contributed by atoms with E-state index in [0.717, 1.165) is 0 Å². The van der Waals surface area contributed by atoms with Crippen LogP contribution >= 0.6 is 11.6 Å². The molecule has 0 radical (unpaired) electrons. The molecule has 32 heavy (non-hydrogen) atoms. The van der Waals surface area contributed by atoms with Crippen molar-refractivity contribution in [2.45, 2.75) is 45.9 Å². The number of aromatic nitrogens is 3. The van der Waals surface area contributed by atoms with Crippen LogP contribution in [0.25, 0.3) is 5.69 Å². The lowest BCUT2D eigenvalue weighted by Gasteiger charge is -2.18. The fraction of sp³-hybridized carbons (Fsp3) is 0.318. The molecule has 0 aliphatic carbocycles. The first-order valence-corrected chi connectivity index (χ1v) is 10.4. The molecule has 0 spiro atoms. The molecule has 1 aliphatic heterocycles. The molecule has 1 amide bonds. The number of carbonyl (C=O) groups excluding carboxylic acids is 1. The largest absolute Gasteiger partial charge is 0.486 e.